The second-order valence-corrected chi connectivity index (χ2v) is 11.2. The van der Waals surface area contributed by atoms with Crippen molar-refractivity contribution in [1.82, 2.24) is 10.0 Å². The highest BCUT2D eigenvalue weighted by Crippen LogP contribution is 2.30. The number of carbonyl (C=O) groups excluding carboxylic acids is 2. The van der Waals surface area contributed by atoms with Crippen molar-refractivity contribution in [3.05, 3.63) is 54.1 Å². The number of amides is 2. The van der Waals surface area contributed by atoms with Gasteiger partial charge in [0.05, 0.1) is 4.90 Å². The average molecular weight is 515 g/mol. The number of carbonyl (C=O) groups is 2. The number of fused-ring (bicyclic) bond motifs is 1. The molecule has 0 saturated carbocycles. The maximum atomic E-state index is 13.2. The van der Waals surface area contributed by atoms with Crippen molar-refractivity contribution in [2.24, 2.45) is 5.92 Å². The predicted molar refractivity (Wildman–Crippen MR) is 144 cm³/mol. The van der Waals surface area contributed by atoms with Crippen LogP contribution in [0.15, 0.2) is 53.4 Å². The van der Waals surface area contributed by atoms with E-state index in [1.54, 1.807) is 17.0 Å². The van der Waals surface area contributed by atoms with Crippen LogP contribution in [0.2, 0.25) is 0 Å². The van der Waals surface area contributed by atoms with Crippen LogP contribution in [0.3, 0.4) is 0 Å². The molecule has 0 bridgehead atoms. The summed E-state index contributed by atoms with van der Waals surface area (Å²) in [6.07, 6.45) is 1.38. The van der Waals surface area contributed by atoms with Gasteiger partial charge in [-0.3, -0.25) is 9.59 Å². The molecule has 1 aliphatic heterocycles. The van der Waals surface area contributed by atoms with Crippen LogP contribution in [-0.2, 0) is 26.0 Å². The molecular formula is C27H38N4O4S. The van der Waals surface area contributed by atoms with Gasteiger partial charge in [0.15, 0.2) is 0 Å². The van der Waals surface area contributed by atoms with E-state index in [1.807, 2.05) is 51.1 Å². The Bertz CT molecular complexity index is 1150. The van der Waals surface area contributed by atoms with Gasteiger partial charge in [-0.15, -0.1) is 0 Å². The molecule has 9 heteroatoms. The van der Waals surface area contributed by atoms with Gasteiger partial charge in [0.25, 0.3) is 0 Å². The zero-order valence-electron chi connectivity index (χ0n) is 21.7. The van der Waals surface area contributed by atoms with Crippen molar-refractivity contribution in [1.29, 1.82) is 0 Å². The third kappa shape index (κ3) is 6.85. The van der Waals surface area contributed by atoms with E-state index in [1.165, 1.54) is 6.07 Å². The van der Waals surface area contributed by atoms with Gasteiger partial charge in [0, 0.05) is 44.0 Å². The fraction of sp³-hybridized carbons (Fsp3) is 0.481. The van der Waals surface area contributed by atoms with Crippen LogP contribution in [0, 0.1) is 5.92 Å². The molecule has 2 N–H and O–H groups in total. The van der Waals surface area contributed by atoms with Crippen LogP contribution < -0.4 is 19.8 Å². The molecular weight excluding hydrogens is 476 g/mol. The molecule has 0 saturated heterocycles. The van der Waals surface area contributed by atoms with E-state index < -0.39 is 16.1 Å². The summed E-state index contributed by atoms with van der Waals surface area (Å²) in [5, 5.41) is 2.91. The Morgan fingerprint density at radius 2 is 1.81 bits per heavy atom. The second-order valence-electron chi connectivity index (χ2n) is 9.45. The molecule has 1 atom stereocenters. The van der Waals surface area contributed by atoms with Crippen molar-refractivity contribution >= 4 is 33.2 Å². The highest BCUT2D eigenvalue weighted by atomic mass is 32.2. The summed E-state index contributed by atoms with van der Waals surface area (Å²) >= 11 is 0. The lowest BCUT2D eigenvalue weighted by Gasteiger charge is -2.25. The topological polar surface area (TPSA) is 98.8 Å². The van der Waals surface area contributed by atoms with Crippen molar-refractivity contribution in [3.63, 3.8) is 0 Å². The quantitative estimate of drug-likeness (QED) is 0.453. The van der Waals surface area contributed by atoms with Gasteiger partial charge in [0.2, 0.25) is 21.8 Å². The van der Waals surface area contributed by atoms with Crippen molar-refractivity contribution in [2.75, 3.05) is 36.0 Å². The summed E-state index contributed by atoms with van der Waals surface area (Å²) in [5.74, 6) is -0.198. The maximum Gasteiger partial charge on any atom is 0.241 e. The smallest absolute Gasteiger partial charge is 0.241 e. The summed E-state index contributed by atoms with van der Waals surface area (Å²) in [7, 11) is -3.93. The molecule has 0 aliphatic carbocycles. The summed E-state index contributed by atoms with van der Waals surface area (Å²) in [4.78, 5) is 29.1. The molecule has 0 unspecified atom stereocenters. The van der Waals surface area contributed by atoms with Crippen LogP contribution in [0.1, 0.15) is 46.1 Å². The number of anilines is 2. The molecule has 196 valence electrons. The molecule has 36 heavy (non-hydrogen) atoms. The van der Waals surface area contributed by atoms with Crippen LogP contribution in [0.5, 0.6) is 0 Å². The third-order valence-electron chi connectivity index (χ3n) is 6.37. The van der Waals surface area contributed by atoms with Crippen molar-refractivity contribution in [3.8, 4) is 0 Å². The van der Waals surface area contributed by atoms with Gasteiger partial charge >= 0.3 is 0 Å². The van der Waals surface area contributed by atoms with Crippen LogP contribution >= 0.6 is 0 Å². The monoisotopic (exact) mass is 514 g/mol. The van der Waals surface area contributed by atoms with Gasteiger partial charge in [-0.05, 0) is 61.6 Å². The lowest BCUT2D eigenvalue weighted by molar-refractivity contribution is -0.123. The van der Waals surface area contributed by atoms with Gasteiger partial charge in [-0.1, -0.05) is 39.0 Å². The van der Waals surface area contributed by atoms with E-state index in [-0.39, 0.29) is 22.6 Å². The fourth-order valence-corrected chi connectivity index (χ4v) is 5.73. The van der Waals surface area contributed by atoms with Gasteiger partial charge in [-0.2, -0.15) is 4.72 Å². The number of likely N-dealkylation sites (N-methyl/N-ethyl adjacent to an activating group) is 1. The zero-order valence-corrected chi connectivity index (χ0v) is 22.5. The number of para-hydroxylation sites is 1. The molecule has 2 aromatic rings. The first-order valence-electron chi connectivity index (χ1n) is 12.7. The first-order valence-corrected chi connectivity index (χ1v) is 14.2. The largest absolute Gasteiger partial charge is 0.370 e. The normalized spacial score (nSPS) is 14.0. The second kappa shape index (κ2) is 12.4. The lowest BCUT2D eigenvalue weighted by Crippen LogP contribution is -2.48. The number of benzene rings is 2. The molecule has 1 heterocycles. The van der Waals surface area contributed by atoms with Crippen molar-refractivity contribution < 1.29 is 18.0 Å². The first kappa shape index (κ1) is 27.7. The van der Waals surface area contributed by atoms with Crippen LogP contribution in [0.25, 0.3) is 0 Å². The van der Waals surface area contributed by atoms with E-state index in [0.29, 0.717) is 38.9 Å². The summed E-state index contributed by atoms with van der Waals surface area (Å²) in [6.45, 7) is 10.1. The van der Waals surface area contributed by atoms with E-state index in [9.17, 15) is 18.0 Å². The Balaban J connectivity index is 1.68. The molecule has 8 nitrogen and oxygen atoms in total. The minimum Gasteiger partial charge on any atom is -0.370 e. The Morgan fingerprint density at radius 1 is 1.08 bits per heavy atom. The van der Waals surface area contributed by atoms with Gasteiger partial charge in [-0.25, -0.2) is 8.42 Å². The number of sulfonamides is 1. The maximum absolute atomic E-state index is 13.2. The zero-order chi connectivity index (χ0) is 26.3. The molecule has 0 radical (unpaired) electrons. The van der Waals surface area contributed by atoms with Crippen LogP contribution in [0.4, 0.5) is 11.4 Å². The van der Waals surface area contributed by atoms with E-state index >= 15 is 0 Å². The summed E-state index contributed by atoms with van der Waals surface area (Å²) in [6, 6.07) is 13.9. The molecule has 2 amide bonds. The molecule has 3 rings (SSSR count). The number of nitrogens with zero attached hydrogens (tertiary/aromatic N) is 2. The molecule has 0 fully saturated rings. The Labute approximate surface area is 215 Å². The van der Waals surface area contributed by atoms with E-state index in [0.717, 1.165) is 23.5 Å². The van der Waals surface area contributed by atoms with Crippen molar-refractivity contribution in [2.45, 2.75) is 57.9 Å². The molecule has 0 spiro atoms. The number of rotatable bonds is 12. The third-order valence-corrected chi connectivity index (χ3v) is 7.83. The molecule has 0 aromatic heterocycles. The number of hydrogen-bond acceptors (Lipinski definition) is 5. The Kier molecular flexibility index (Phi) is 9.50. The fourth-order valence-electron chi connectivity index (χ4n) is 4.48. The lowest BCUT2D eigenvalue weighted by atomic mass is 10.0. The first-order chi connectivity index (χ1) is 17.2. The highest BCUT2D eigenvalue weighted by Gasteiger charge is 2.29. The number of nitrogens with one attached hydrogen (secondary N) is 2. The summed E-state index contributed by atoms with van der Waals surface area (Å²) in [5.41, 5.74) is 2.66. The summed E-state index contributed by atoms with van der Waals surface area (Å²) < 4.78 is 29.1. The Hall–Kier alpha value is -2.91. The standard InChI is InChI=1S/C27H38N4O4S/c1-5-26(32)31-16-14-21-19-23(12-13-25(21)31)36(34,35)29-24(18-20(3)4)27(33)28-15-17-30(6-2)22-10-8-7-9-11-22/h7-13,19-20,24,29H,5-6,14-18H2,1-4H3,(H,28,33)/t24-/m1/s1. The molecule has 1 aliphatic rings. The highest BCUT2D eigenvalue weighted by molar-refractivity contribution is 7.89. The average Bonchev–Trinajstić information content (AvgIpc) is 3.29. The predicted octanol–water partition coefficient (Wildman–Crippen LogP) is 3.32. The minimum atomic E-state index is -3.93. The van der Waals surface area contributed by atoms with E-state index in [2.05, 4.69) is 21.9 Å². The number of hydrogen-bond donors (Lipinski definition) is 2. The Morgan fingerprint density at radius 3 is 2.44 bits per heavy atom. The van der Waals surface area contributed by atoms with Gasteiger partial charge in [0.1, 0.15) is 6.04 Å². The molecule has 2 aromatic carbocycles. The van der Waals surface area contributed by atoms with Crippen LogP contribution in [-0.4, -0.2) is 52.5 Å². The van der Waals surface area contributed by atoms with Gasteiger partial charge < -0.3 is 15.1 Å². The van der Waals surface area contributed by atoms with E-state index in [4.69, 9.17) is 0 Å². The SMILES string of the molecule is CCC(=O)N1CCc2cc(S(=O)(=O)N[C@H](CC(C)C)C(=O)NCCN(CC)c3ccccc3)ccc21. The minimum absolute atomic E-state index is 0.0186.